The first-order chi connectivity index (χ1) is 8.81. The van der Waals surface area contributed by atoms with Crippen molar-refractivity contribution in [2.45, 2.75) is 44.3 Å². The van der Waals surface area contributed by atoms with Gasteiger partial charge in [-0.05, 0) is 50.8 Å². The van der Waals surface area contributed by atoms with Crippen molar-refractivity contribution in [1.29, 1.82) is 0 Å². The maximum absolute atomic E-state index is 14.4. The number of hydrogen-bond acceptors (Lipinski definition) is 3. The summed E-state index contributed by atoms with van der Waals surface area (Å²) in [5, 5.41) is 0. The molecule has 4 heteroatoms. The van der Waals surface area contributed by atoms with Gasteiger partial charge in [0.15, 0.2) is 11.5 Å². The van der Waals surface area contributed by atoms with Crippen molar-refractivity contribution in [3.8, 4) is 11.5 Å². The van der Waals surface area contributed by atoms with Crippen LogP contribution in [0.15, 0.2) is 12.1 Å². The average Bonchev–Trinajstić information content (AvgIpc) is 2.33. The molecule has 1 aromatic carbocycles. The van der Waals surface area contributed by atoms with Gasteiger partial charge in [0.05, 0.1) is 14.2 Å². The summed E-state index contributed by atoms with van der Waals surface area (Å²) in [6.45, 7) is 3.02. The Labute approximate surface area is 113 Å². The third kappa shape index (κ3) is 2.41. The summed E-state index contributed by atoms with van der Waals surface area (Å²) < 4.78 is 25.0. The van der Waals surface area contributed by atoms with Gasteiger partial charge in [-0.3, -0.25) is 0 Å². The smallest absolute Gasteiger partial charge is 0.167 e. The number of hydrogen-bond donors (Lipinski definition) is 1. The summed E-state index contributed by atoms with van der Waals surface area (Å²) in [6, 6.07) is 3.69. The van der Waals surface area contributed by atoms with Crippen LogP contribution in [0.2, 0.25) is 0 Å². The zero-order valence-electron chi connectivity index (χ0n) is 12.0. The fourth-order valence-corrected chi connectivity index (χ4v) is 2.54. The van der Waals surface area contributed by atoms with Gasteiger partial charge in [-0.2, -0.15) is 0 Å². The first-order valence-corrected chi connectivity index (χ1v) is 6.56. The van der Waals surface area contributed by atoms with Gasteiger partial charge in [0.2, 0.25) is 0 Å². The van der Waals surface area contributed by atoms with E-state index in [1.165, 1.54) is 21.0 Å². The van der Waals surface area contributed by atoms with Gasteiger partial charge in [0, 0.05) is 11.1 Å². The van der Waals surface area contributed by atoms with E-state index in [9.17, 15) is 4.39 Å². The summed E-state index contributed by atoms with van der Waals surface area (Å²) >= 11 is 0. The van der Waals surface area contributed by atoms with Crippen LogP contribution in [0.4, 0.5) is 4.39 Å². The SMILES string of the molecule is COc1cc(C2(N)CCC2)cc(C(C)(C)F)c1OC. The molecule has 3 nitrogen and oxygen atoms in total. The predicted octanol–water partition coefficient (Wildman–Crippen LogP) is 3.25. The molecule has 0 saturated heterocycles. The van der Waals surface area contributed by atoms with Crippen LogP contribution in [0.5, 0.6) is 11.5 Å². The maximum atomic E-state index is 14.4. The second-order valence-electron chi connectivity index (χ2n) is 5.74. The minimum Gasteiger partial charge on any atom is -0.493 e. The van der Waals surface area contributed by atoms with Crippen LogP contribution in [0, 0.1) is 0 Å². The highest BCUT2D eigenvalue weighted by molar-refractivity contribution is 5.53. The van der Waals surface area contributed by atoms with Crippen molar-refractivity contribution in [3.63, 3.8) is 0 Å². The molecule has 1 aliphatic carbocycles. The van der Waals surface area contributed by atoms with Gasteiger partial charge in [0.1, 0.15) is 5.67 Å². The van der Waals surface area contributed by atoms with E-state index in [0.717, 1.165) is 24.8 Å². The van der Waals surface area contributed by atoms with Gasteiger partial charge >= 0.3 is 0 Å². The van der Waals surface area contributed by atoms with Crippen molar-refractivity contribution in [3.05, 3.63) is 23.3 Å². The van der Waals surface area contributed by atoms with Crippen molar-refractivity contribution >= 4 is 0 Å². The molecule has 0 atom stereocenters. The second-order valence-corrected chi connectivity index (χ2v) is 5.74. The maximum Gasteiger partial charge on any atom is 0.167 e. The van der Waals surface area contributed by atoms with E-state index in [1.54, 1.807) is 7.11 Å². The molecule has 0 bridgehead atoms. The zero-order chi connectivity index (χ0) is 14.3. The minimum absolute atomic E-state index is 0.348. The molecular weight excluding hydrogens is 245 g/mol. The number of halogens is 1. The number of benzene rings is 1. The molecule has 0 radical (unpaired) electrons. The van der Waals surface area contributed by atoms with Crippen molar-refractivity contribution < 1.29 is 13.9 Å². The van der Waals surface area contributed by atoms with Crippen LogP contribution < -0.4 is 15.2 Å². The van der Waals surface area contributed by atoms with Crippen LogP contribution >= 0.6 is 0 Å². The molecule has 0 unspecified atom stereocenters. The molecular formula is C15H22FNO2. The molecule has 1 fully saturated rings. The Bertz CT molecular complexity index is 476. The Kier molecular flexibility index (Phi) is 3.47. The highest BCUT2D eigenvalue weighted by Crippen LogP contribution is 2.46. The Morgan fingerprint density at radius 3 is 2.21 bits per heavy atom. The van der Waals surface area contributed by atoms with Crippen molar-refractivity contribution in [2.24, 2.45) is 5.73 Å². The molecule has 19 heavy (non-hydrogen) atoms. The lowest BCUT2D eigenvalue weighted by molar-refractivity contribution is 0.208. The molecule has 0 spiro atoms. The lowest BCUT2D eigenvalue weighted by Crippen LogP contribution is -2.43. The van der Waals surface area contributed by atoms with E-state index in [0.29, 0.717) is 17.1 Å². The number of ether oxygens (including phenoxy) is 2. The van der Waals surface area contributed by atoms with Gasteiger partial charge in [-0.25, -0.2) is 4.39 Å². The number of rotatable bonds is 4. The van der Waals surface area contributed by atoms with Gasteiger partial charge < -0.3 is 15.2 Å². The molecule has 0 heterocycles. The van der Waals surface area contributed by atoms with E-state index < -0.39 is 5.67 Å². The van der Waals surface area contributed by atoms with E-state index in [1.807, 2.05) is 12.1 Å². The standard InChI is InChI=1S/C15H22FNO2/c1-14(2,16)11-8-10(15(17)6-5-7-15)9-12(18-3)13(11)19-4/h8-9H,5-7,17H2,1-4H3. The second kappa shape index (κ2) is 4.67. The van der Waals surface area contributed by atoms with Crippen LogP contribution in [0.1, 0.15) is 44.2 Å². The summed E-state index contributed by atoms with van der Waals surface area (Å²) in [6.07, 6.45) is 2.96. The number of alkyl halides is 1. The van der Waals surface area contributed by atoms with Gasteiger partial charge in [0.25, 0.3) is 0 Å². The molecule has 106 valence electrons. The number of methoxy groups -OCH3 is 2. The molecule has 1 saturated carbocycles. The molecule has 1 aromatic rings. The molecule has 0 aromatic heterocycles. The number of nitrogens with two attached hydrogens (primary N) is 1. The minimum atomic E-state index is -1.51. The van der Waals surface area contributed by atoms with Crippen LogP contribution in [-0.2, 0) is 11.2 Å². The van der Waals surface area contributed by atoms with Crippen LogP contribution in [0.3, 0.4) is 0 Å². The topological polar surface area (TPSA) is 44.5 Å². The van der Waals surface area contributed by atoms with Gasteiger partial charge in [-0.1, -0.05) is 0 Å². The Balaban J connectivity index is 2.60. The molecule has 2 N–H and O–H groups in total. The summed E-state index contributed by atoms with van der Waals surface area (Å²) in [5.74, 6) is 0.985. The average molecular weight is 267 g/mol. The summed E-state index contributed by atoms with van der Waals surface area (Å²) in [4.78, 5) is 0. The molecule has 0 aliphatic heterocycles. The molecule has 2 rings (SSSR count). The van der Waals surface area contributed by atoms with Crippen LogP contribution in [-0.4, -0.2) is 14.2 Å². The highest BCUT2D eigenvalue weighted by Gasteiger charge is 2.37. The van der Waals surface area contributed by atoms with E-state index >= 15 is 0 Å². The normalized spacial score (nSPS) is 17.8. The first-order valence-electron chi connectivity index (χ1n) is 6.56. The largest absolute Gasteiger partial charge is 0.493 e. The summed E-state index contributed by atoms with van der Waals surface area (Å²) in [5.41, 5.74) is 5.89. The molecule has 1 aliphatic rings. The zero-order valence-corrected chi connectivity index (χ0v) is 12.0. The lowest BCUT2D eigenvalue weighted by Gasteiger charge is -2.39. The van der Waals surface area contributed by atoms with Crippen molar-refractivity contribution in [1.82, 2.24) is 0 Å². The van der Waals surface area contributed by atoms with E-state index in [2.05, 4.69) is 0 Å². The van der Waals surface area contributed by atoms with Crippen molar-refractivity contribution in [2.75, 3.05) is 14.2 Å². The first kappa shape index (κ1) is 14.1. The van der Waals surface area contributed by atoms with Gasteiger partial charge in [-0.15, -0.1) is 0 Å². The van der Waals surface area contributed by atoms with Crippen LogP contribution in [0.25, 0.3) is 0 Å². The van der Waals surface area contributed by atoms with E-state index in [4.69, 9.17) is 15.2 Å². The third-order valence-electron chi connectivity index (χ3n) is 3.94. The Morgan fingerprint density at radius 1 is 1.21 bits per heavy atom. The predicted molar refractivity (Wildman–Crippen MR) is 73.4 cm³/mol. The quantitative estimate of drug-likeness (QED) is 0.910. The fraction of sp³-hybridized carbons (Fsp3) is 0.600. The monoisotopic (exact) mass is 267 g/mol. The Morgan fingerprint density at radius 2 is 1.84 bits per heavy atom. The fourth-order valence-electron chi connectivity index (χ4n) is 2.54. The molecule has 0 amide bonds. The Hall–Kier alpha value is -1.29. The lowest BCUT2D eigenvalue weighted by atomic mass is 9.72. The van der Waals surface area contributed by atoms with E-state index in [-0.39, 0.29) is 5.54 Å². The third-order valence-corrected chi connectivity index (χ3v) is 3.94. The summed E-state index contributed by atoms with van der Waals surface area (Å²) in [7, 11) is 3.08. The highest BCUT2D eigenvalue weighted by atomic mass is 19.1.